The van der Waals surface area contributed by atoms with Gasteiger partial charge in [-0.1, -0.05) is 6.92 Å². The molecule has 1 aliphatic heterocycles. The predicted octanol–water partition coefficient (Wildman–Crippen LogP) is 0.105. The van der Waals surface area contributed by atoms with Gasteiger partial charge in [-0.25, -0.2) is 8.42 Å². The first-order valence-electron chi connectivity index (χ1n) is 5.69. The summed E-state index contributed by atoms with van der Waals surface area (Å²) in [5.41, 5.74) is 0. The van der Waals surface area contributed by atoms with Gasteiger partial charge in [0.2, 0.25) is 0 Å². The second kappa shape index (κ2) is 5.82. The lowest BCUT2D eigenvalue weighted by Gasteiger charge is -2.27. The van der Waals surface area contributed by atoms with Crippen molar-refractivity contribution in [1.82, 2.24) is 10.2 Å². The minimum atomic E-state index is -2.72. The van der Waals surface area contributed by atoms with E-state index < -0.39 is 9.84 Å². The van der Waals surface area contributed by atoms with E-state index in [4.69, 9.17) is 0 Å². The van der Waals surface area contributed by atoms with Gasteiger partial charge in [0.1, 0.15) is 0 Å². The Labute approximate surface area is 93.0 Å². The van der Waals surface area contributed by atoms with Gasteiger partial charge in [-0.3, -0.25) is 0 Å². The maximum atomic E-state index is 11.2. The van der Waals surface area contributed by atoms with Gasteiger partial charge < -0.3 is 10.2 Å². The Morgan fingerprint density at radius 3 is 2.47 bits per heavy atom. The molecule has 1 heterocycles. The summed E-state index contributed by atoms with van der Waals surface area (Å²) in [5.74, 6) is 0.659. The lowest BCUT2D eigenvalue weighted by Crippen LogP contribution is -2.44. The van der Waals surface area contributed by atoms with E-state index in [2.05, 4.69) is 24.1 Å². The molecule has 0 aromatic carbocycles. The van der Waals surface area contributed by atoms with Crippen LogP contribution in [0.4, 0.5) is 0 Å². The van der Waals surface area contributed by atoms with Gasteiger partial charge in [-0.05, 0) is 13.3 Å². The van der Waals surface area contributed by atoms with Gasteiger partial charge >= 0.3 is 0 Å². The van der Waals surface area contributed by atoms with Crippen LogP contribution in [0.5, 0.6) is 0 Å². The van der Waals surface area contributed by atoms with Crippen LogP contribution in [0.3, 0.4) is 0 Å². The van der Waals surface area contributed by atoms with Crippen molar-refractivity contribution in [2.45, 2.75) is 26.3 Å². The first-order chi connectivity index (χ1) is 7.03. The Hall–Kier alpha value is -0.130. The highest BCUT2D eigenvalue weighted by molar-refractivity contribution is 7.91. The highest BCUT2D eigenvalue weighted by Gasteiger charge is 2.20. The molecule has 90 valence electrons. The maximum absolute atomic E-state index is 11.2. The van der Waals surface area contributed by atoms with Gasteiger partial charge in [0.05, 0.1) is 11.5 Å². The lowest BCUT2D eigenvalue weighted by molar-refractivity contribution is 0.289. The zero-order valence-electron chi connectivity index (χ0n) is 9.70. The standard InChI is InChI=1S/C10H22N2O2S/c1-3-10(2)11-4-5-12-6-8-15(13,14)9-7-12/h10-11H,3-9H2,1-2H3. The van der Waals surface area contributed by atoms with Crippen molar-refractivity contribution in [3.63, 3.8) is 0 Å². The minimum Gasteiger partial charge on any atom is -0.313 e. The Kier molecular flexibility index (Phi) is 5.02. The van der Waals surface area contributed by atoms with Crippen molar-refractivity contribution in [2.24, 2.45) is 0 Å². The fraction of sp³-hybridized carbons (Fsp3) is 1.00. The molecule has 1 N–H and O–H groups in total. The topological polar surface area (TPSA) is 49.4 Å². The second-order valence-electron chi connectivity index (χ2n) is 4.26. The quantitative estimate of drug-likeness (QED) is 0.733. The molecule has 1 fully saturated rings. The molecule has 1 rings (SSSR count). The third kappa shape index (κ3) is 4.95. The third-order valence-electron chi connectivity index (χ3n) is 2.97. The molecule has 1 saturated heterocycles. The van der Waals surface area contributed by atoms with Crippen molar-refractivity contribution >= 4 is 9.84 Å². The van der Waals surface area contributed by atoms with Crippen molar-refractivity contribution in [2.75, 3.05) is 37.7 Å². The predicted molar refractivity (Wildman–Crippen MR) is 62.8 cm³/mol. The highest BCUT2D eigenvalue weighted by atomic mass is 32.2. The molecular formula is C10H22N2O2S. The van der Waals surface area contributed by atoms with Gasteiger partial charge in [0, 0.05) is 32.2 Å². The van der Waals surface area contributed by atoms with E-state index in [9.17, 15) is 8.42 Å². The second-order valence-corrected chi connectivity index (χ2v) is 6.56. The zero-order chi connectivity index (χ0) is 11.3. The van der Waals surface area contributed by atoms with Crippen LogP contribution in [0.1, 0.15) is 20.3 Å². The normalized spacial score (nSPS) is 23.9. The van der Waals surface area contributed by atoms with E-state index in [1.165, 1.54) is 0 Å². The molecular weight excluding hydrogens is 212 g/mol. The van der Waals surface area contributed by atoms with E-state index in [1.54, 1.807) is 0 Å². The summed E-state index contributed by atoms with van der Waals surface area (Å²) in [6, 6.07) is 0.554. The van der Waals surface area contributed by atoms with Crippen molar-refractivity contribution in [3.05, 3.63) is 0 Å². The highest BCUT2D eigenvalue weighted by Crippen LogP contribution is 2.02. The molecule has 0 spiro atoms. The van der Waals surface area contributed by atoms with Crippen LogP contribution in [0.25, 0.3) is 0 Å². The lowest BCUT2D eigenvalue weighted by atomic mass is 10.2. The smallest absolute Gasteiger partial charge is 0.152 e. The Morgan fingerprint density at radius 2 is 1.93 bits per heavy atom. The summed E-state index contributed by atoms with van der Waals surface area (Å²) in [7, 11) is -2.72. The van der Waals surface area contributed by atoms with Crippen molar-refractivity contribution < 1.29 is 8.42 Å². The summed E-state index contributed by atoms with van der Waals surface area (Å²) < 4.78 is 22.4. The number of nitrogens with one attached hydrogen (secondary N) is 1. The molecule has 0 aromatic heterocycles. The molecule has 5 heteroatoms. The number of sulfone groups is 1. The van der Waals surface area contributed by atoms with Gasteiger partial charge in [-0.15, -0.1) is 0 Å². The SMILES string of the molecule is CCC(C)NCCN1CCS(=O)(=O)CC1. The van der Waals surface area contributed by atoms with Crippen LogP contribution in [0.2, 0.25) is 0 Å². The van der Waals surface area contributed by atoms with Crippen LogP contribution in [-0.2, 0) is 9.84 Å². The fourth-order valence-corrected chi connectivity index (χ4v) is 2.86. The molecule has 0 radical (unpaired) electrons. The van der Waals surface area contributed by atoms with E-state index in [-0.39, 0.29) is 0 Å². The molecule has 0 aromatic rings. The van der Waals surface area contributed by atoms with Crippen LogP contribution in [0, 0.1) is 0 Å². The first kappa shape index (κ1) is 12.9. The first-order valence-corrected chi connectivity index (χ1v) is 7.52. The zero-order valence-corrected chi connectivity index (χ0v) is 10.5. The van der Waals surface area contributed by atoms with E-state index in [0.29, 0.717) is 30.6 Å². The average Bonchev–Trinajstić information content (AvgIpc) is 2.20. The van der Waals surface area contributed by atoms with E-state index in [0.717, 1.165) is 19.5 Å². The molecule has 1 unspecified atom stereocenters. The van der Waals surface area contributed by atoms with Gasteiger partial charge in [0.25, 0.3) is 0 Å². The van der Waals surface area contributed by atoms with Gasteiger partial charge in [-0.2, -0.15) is 0 Å². The van der Waals surface area contributed by atoms with Crippen LogP contribution in [0.15, 0.2) is 0 Å². The van der Waals surface area contributed by atoms with E-state index >= 15 is 0 Å². The summed E-state index contributed by atoms with van der Waals surface area (Å²) in [6.07, 6.45) is 1.13. The number of nitrogens with zero attached hydrogens (tertiary/aromatic N) is 1. The van der Waals surface area contributed by atoms with Crippen LogP contribution in [-0.4, -0.2) is 57.0 Å². The summed E-state index contributed by atoms with van der Waals surface area (Å²) in [5, 5.41) is 3.41. The van der Waals surface area contributed by atoms with Crippen LogP contribution >= 0.6 is 0 Å². The van der Waals surface area contributed by atoms with Crippen molar-refractivity contribution in [3.8, 4) is 0 Å². The molecule has 0 aliphatic carbocycles. The average molecular weight is 234 g/mol. The number of rotatable bonds is 5. The minimum absolute atomic E-state index is 0.330. The van der Waals surface area contributed by atoms with Crippen LogP contribution < -0.4 is 5.32 Å². The number of hydrogen-bond donors (Lipinski definition) is 1. The fourth-order valence-electron chi connectivity index (χ4n) is 1.59. The molecule has 0 bridgehead atoms. The molecule has 1 aliphatic rings. The van der Waals surface area contributed by atoms with Crippen molar-refractivity contribution in [1.29, 1.82) is 0 Å². The Morgan fingerprint density at radius 1 is 1.33 bits per heavy atom. The summed E-state index contributed by atoms with van der Waals surface area (Å²) >= 11 is 0. The van der Waals surface area contributed by atoms with E-state index in [1.807, 2.05) is 0 Å². The summed E-state index contributed by atoms with van der Waals surface area (Å²) in [6.45, 7) is 7.63. The van der Waals surface area contributed by atoms with Gasteiger partial charge in [0.15, 0.2) is 9.84 Å². The third-order valence-corrected chi connectivity index (χ3v) is 4.58. The Bertz CT molecular complexity index is 263. The molecule has 4 nitrogen and oxygen atoms in total. The number of hydrogen-bond acceptors (Lipinski definition) is 4. The Balaban J connectivity index is 2.14. The monoisotopic (exact) mass is 234 g/mol. The molecule has 0 saturated carbocycles. The molecule has 15 heavy (non-hydrogen) atoms. The molecule has 1 atom stereocenters. The largest absolute Gasteiger partial charge is 0.313 e. The summed E-state index contributed by atoms with van der Waals surface area (Å²) in [4.78, 5) is 2.22. The molecule has 0 amide bonds. The maximum Gasteiger partial charge on any atom is 0.152 e.